The first-order valence-corrected chi connectivity index (χ1v) is 10.2. The number of rotatable bonds is 7. The van der Waals surface area contributed by atoms with E-state index < -0.39 is 4.92 Å². The van der Waals surface area contributed by atoms with Gasteiger partial charge < -0.3 is 19.5 Å². The molecule has 0 saturated carbocycles. The Kier molecular flexibility index (Phi) is 5.87. The van der Waals surface area contributed by atoms with Crippen molar-refractivity contribution in [1.82, 2.24) is 10.3 Å². The van der Waals surface area contributed by atoms with E-state index in [-0.39, 0.29) is 16.6 Å². The molecule has 2 heterocycles. The largest absolute Gasteiger partial charge is 0.497 e. The highest BCUT2D eigenvalue weighted by Crippen LogP contribution is 2.33. The minimum Gasteiger partial charge on any atom is -0.497 e. The Hall–Kier alpha value is -3.78. The van der Waals surface area contributed by atoms with Crippen molar-refractivity contribution in [3.63, 3.8) is 0 Å². The Morgan fingerprint density at radius 3 is 2.78 bits per heavy atom. The molecule has 9 heteroatoms. The summed E-state index contributed by atoms with van der Waals surface area (Å²) in [6, 6.07) is 11.5. The third-order valence-electron chi connectivity index (χ3n) is 5.25. The zero-order valence-corrected chi connectivity index (χ0v) is 18.2. The fourth-order valence-electron chi connectivity index (χ4n) is 3.56. The molecule has 0 aliphatic rings. The first-order chi connectivity index (χ1) is 15.4. The summed E-state index contributed by atoms with van der Waals surface area (Å²) in [5.41, 5.74) is 2.81. The van der Waals surface area contributed by atoms with Crippen LogP contribution in [0.1, 0.15) is 21.7 Å². The van der Waals surface area contributed by atoms with Crippen molar-refractivity contribution >= 4 is 34.1 Å². The lowest BCUT2D eigenvalue weighted by atomic mass is 10.1. The number of ether oxygens (including phenoxy) is 1. The smallest absolute Gasteiger partial charge is 0.270 e. The van der Waals surface area contributed by atoms with Crippen LogP contribution in [0.4, 0.5) is 5.69 Å². The van der Waals surface area contributed by atoms with Gasteiger partial charge in [-0.3, -0.25) is 14.9 Å². The van der Waals surface area contributed by atoms with Crippen LogP contribution in [0.5, 0.6) is 5.75 Å². The van der Waals surface area contributed by atoms with Crippen molar-refractivity contribution in [2.24, 2.45) is 0 Å². The Morgan fingerprint density at radius 2 is 2.06 bits per heavy atom. The number of nitro benzene ring substituents is 1. The molecule has 2 aromatic heterocycles. The number of furan rings is 1. The standard InChI is InChI=1S/C23H20ClN3O5/c1-13-19(11-22(32-13)18-5-3-15(27(29)30)9-20(18)24)23(28)25-8-7-14-12-26-21-10-16(31-2)4-6-17(14)21/h3-6,9-12,26H,7-8H2,1-2H3,(H,25,28). The van der Waals surface area contributed by atoms with Gasteiger partial charge in [-0.05, 0) is 43.2 Å². The fourth-order valence-corrected chi connectivity index (χ4v) is 3.83. The topological polar surface area (TPSA) is 110 Å². The number of non-ortho nitro benzene ring substituents is 1. The van der Waals surface area contributed by atoms with Crippen molar-refractivity contribution in [1.29, 1.82) is 0 Å². The number of aromatic amines is 1. The summed E-state index contributed by atoms with van der Waals surface area (Å²) in [4.78, 5) is 26.3. The number of aryl methyl sites for hydroxylation is 1. The molecule has 2 N–H and O–H groups in total. The zero-order chi connectivity index (χ0) is 22.8. The lowest BCUT2D eigenvalue weighted by molar-refractivity contribution is -0.384. The predicted octanol–water partition coefficient (Wildman–Crippen LogP) is 5.28. The van der Waals surface area contributed by atoms with Gasteiger partial charge in [0.25, 0.3) is 11.6 Å². The number of halogens is 1. The second-order valence-electron chi connectivity index (χ2n) is 7.23. The van der Waals surface area contributed by atoms with Crippen LogP contribution in [0, 0.1) is 17.0 Å². The highest BCUT2D eigenvalue weighted by atomic mass is 35.5. The van der Waals surface area contributed by atoms with Crippen molar-refractivity contribution in [3.8, 4) is 17.1 Å². The third kappa shape index (κ3) is 4.17. The molecule has 0 aliphatic carbocycles. The van der Waals surface area contributed by atoms with E-state index in [4.69, 9.17) is 20.8 Å². The van der Waals surface area contributed by atoms with Crippen LogP contribution in [-0.4, -0.2) is 29.5 Å². The number of carbonyl (C=O) groups excluding carboxylic acids is 1. The van der Waals surface area contributed by atoms with E-state index in [9.17, 15) is 14.9 Å². The first kappa shape index (κ1) is 21.5. The van der Waals surface area contributed by atoms with E-state index in [0.717, 1.165) is 22.2 Å². The normalized spacial score (nSPS) is 11.0. The van der Waals surface area contributed by atoms with Crippen molar-refractivity contribution in [2.75, 3.05) is 13.7 Å². The molecular weight excluding hydrogens is 434 g/mol. The van der Waals surface area contributed by atoms with Crippen LogP contribution < -0.4 is 10.1 Å². The van der Waals surface area contributed by atoms with Crippen LogP contribution in [0.25, 0.3) is 22.2 Å². The number of H-pyrrole nitrogens is 1. The van der Waals surface area contributed by atoms with E-state index in [2.05, 4.69) is 10.3 Å². The van der Waals surface area contributed by atoms with Crippen molar-refractivity contribution in [2.45, 2.75) is 13.3 Å². The van der Waals surface area contributed by atoms with E-state index in [1.54, 1.807) is 20.1 Å². The highest BCUT2D eigenvalue weighted by molar-refractivity contribution is 6.33. The molecule has 32 heavy (non-hydrogen) atoms. The predicted molar refractivity (Wildman–Crippen MR) is 121 cm³/mol. The molecule has 164 valence electrons. The second-order valence-corrected chi connectivity index (χ2v) is 7.64. The van der Waals surface area contributed by atoms with Gasteiger partial charge in [-0.1, -0.05) is 11.6 Å². The molecule has 2 aromatic carbocycles. The lowest BCUT2D eigenvalue weighted by Gasteiger charge is -2.04. The van der Waals surface area contributed by atoms with Crippen LogP contribution in [0.3, 0.4) is 0 Å². The molecule has 4 aromatic rings. The molecule has 0 saturated heterocycles. The lowest BCUT2D eigenvalue weighted by Crippen LogP contribution is -2.25. The highest BCUT2D eigenvalue weighted by Gasteiger charge is 2.19. The number of nitro groups is 1. The number of nitrogens with zero attached hydrogens (tertiary/aromatic N) is 1. The van der Waals surface area contributed by atoms with Crippen LogP contribution in [-0.2, 0) is 6.42 Å². The van der Waals surface area contributed by atoms with Gasteiger partial charge in [0, 0.05) is 47.4 Å². The number of benzene rings is 2. The van der Waals surface area contributed by atoms with Gasteiger partial charge in [-0.25, -0.2) is 0 Å². The van der Waals surface area contributed by atoms with Gasteiger partial charge in [0.15, 0.2) is 0 Å². The average Bonchev–Trinajstić information content (AvgIpc) is 3.36. The summed E-state index contributed by atoms with van der Waals surface area (Å²) < 4.78 is 10.9. The summed E-state index contributed by atoms with van der Waals surface area (Å²) in [6.07, 6.45) is 2.57. The molecule has 0 fully saturated rings. The van der Waals surface area contributed by atoms with Gasteiger partial charge in [0.1, 0.15) is 17.3 Å². The summed E-state index contributed by atoms with van der Waals surface area (Å²) >= 11 is 6.18. The van der Waals surface area contributed by atoms with E-state index >= 15 is 0 Å². The van der Waals surface area contributed by atoms with E-state index in [1.165, 1.54) is 18.2 Å². The Labute approximate surface area is 188 Å². The minimum atomic E-state index is -0.522. The van der Waals surface area contributed by atoms with Gasteiger partial charge in [-0.2, -0.15) is 0 Å². The Morgan fingerprint density at radius 1 is 1.25 bits per heavy atom. The maximum absolute atomic E-state index is 12.7. The summed E-state index contributed by atoms with van der Waals surface area (Å²) in [5, 5.41) is 15.1. The van der Waals surface area contributed by atoms with Crippen molar-refractivity contribution < 1.29 is 18.9 Å². The number of hydrogen-bond donors (Lipinski definition) is 2. The van der Waals surface area contributed by atoms with Gasteiger partial charge in [0.05, 0.1) is 22.6 Å². The van der Waals surface area contributed by atoms with Crippen LogP contribution in [0.2, 0.25) is 5.02 Å². The minimum absolute atomic E-state index is 0.115. The Bertz CT molecular complexity index is 1320. The average molecular weight is 454 g/mol. The number of carbonyl (C=O) groups is 1. The number of methoxy groups -OCH3 is 1. The molecule has 1 amide bonds. The number of hydrogen-bond acceptors (Lipinski definition) is 5. The summed E-state index contributed by atoms with van der Waals surface area (Å²) in [6.45, 7) is 2.13. The third-order valence-corrected chi connectivity index (χ3v) is 5.56. The van der Waals surface area contributed by atoms with E-state index in [1.807, 2.05) is 24.4 Å². The molecular formula is C23H20ClN3O5. The summed E-state index contributed by atoms with van der Waals surface area (Å²) in [5.74, 6) is 1.32. The maximum Gasteiger partial charge on any atom is 0.270 e. The van der Waals surface area contributed by atoms with Crippen LogP contribution >= 0.6 is 11.6 Å². The summed E-state index contributed by atoms with van der Waals surface area (Å²) in [7, 11) is 1.62. The van der Waals surface area contributed by atoms with Crippen molar-refractivity contribution in [3.05, 3.63) is 80.7 Å². The number of amides is 1. The molecule has 0 aliphatic heterocycles. The quantitative estimate of drug-likeness (QED) is 0.292. The fraction of sp³-hybridized carbons (Fsp3) is 0.174. The SMILES string of the molecule is COc1ccc2c(CCNC(=O)c3cc(-c4ccc([N+](=O)[O-])cc4Cl)oc3C)c[nH]c2c1. The van der Waals surface area contributed by atoms with E-state index in [0.29, 0.717) is 35.6 Å². The maximum atomic E-state index is 12.7. The monoisotopic (exact) mass is 453 g/mol. The number of nitrogens with one attached hydrogen (secondary N) is 2. The van der Waals surface area contributed by atoms with Gasteiger partial charge >= 0.3 is 0 Å². The molecule has 0 spiro atoms. The molecule has 4 rings (SSSR count). The van der Waals surface area contributed by atoms with Gasteiger partial charge in [0.2, 0.25) is 0 Å². The molecule has 0 atom stereocenters. The molecule has 0 unspecified atom stereocenters. The van der Waals surface area contributed by atoms with Crippen LogP contribution in [0.15, 0.2) is 53.1 Å². The van der Waals surface area contributed by atoms with Gasteiger partial charge in [-0.15, -0.1) is 0 Å². The molecule has 8 nitrogen and oxygen atoms in total. The number of aromatic nitrogens is 1. The first-order valence-electron chi connectivity index (χ1n) is 9.84. The Balaban J connectivity index is 1.45. The zero-order valence-electron chi connectivity index (χ0n) is 17.4. The molecule has 0 bridgehead atoms. The molecule has 0 radical (unpaired) electrons. The second kappa shape index (κ2) is 8.76. The number of fused-ring (bicyclic) bond motifs is 1.